The van der Waals surface area contributed by atoms with Crippen LogP contribution in [0, 0.1) is 11.3 Å². The van der Waals surface area contributed by atoms with Crippen LogP contribution in [-0.4, -0.2) is 80.8 Å². The first-order valence-corrected chi connectivity index (χ1v) is 8.03. The fourth-order valence-electron chi connectivity index (χ4n) is 4.23. The smallest absolute Gasteiger partial charge is 0.187 e. The first-order valence-electron chi connectivity index (χ1n) is 8.03. The van der Waals surface area contributed by atoms with Gasteiger partial charge in [0.15, 0.2) is 12.1 Å². The van der Waals surface area contributed by atoms with Gasteiger partial charge in [-0.3, -0.25) is 4.79 Å². The minimum absolute atomic E-state index is 0.0664. The number of aliphatic hydroxyl groups is 5. The molecule has 1 unspecified atom stereocenters. The highest BCUT2D eigenvalue weighted by Crippen LogP contribution is 2.63. The summed E-state index contributed by atoms with van der Waals surface area (Å²) in [6, 6.07) is 0. The van der Waals surface area contributed by atoms with Crippen LogP contribution >= 0.6 is 0 Å². The van der Waals surface area contributed by atoms with Crippen LogP contribution in [0.3, 0.4) is 0 Å². The van der Waals surface area contributed by atoms with Gasteiger partial charge in [0.1, 0.15) is 30.0 Å². The quantitative estimate of drug-likeness (QED) is 0.398. The molecule has 0 aromatic heterocycles. The number of ketones is 1. The molecule has 0 radical (unpaired) electrons. The van der Waals surface area contributed by atoms with Crippen LogP contribution in [0.25, 0.3) is 0 Å². The van der Waals surface area contributed by atoms with Crippen molar-refractivity contribution in [3.8, 4) is 0 Å². The molecule has 1 aliphatic heterocycles. The predicted molar refractivity (Wildman–Crippen MR) is 79.6 cm³/mol. The largest absolute Gasteiger partial charge is 0.396 e. The zero-order valence-corrected chi connectivity index (χ0v) is 13.6. The lowest BCUT2D eigenvalue weighted by Gasteiger charge is -2.64. The van der Waals surface area contributed by atoms with E-state index in [9.17, 15) is 30.3 Å². The van der Waals surface area contributed by atoms with E-state index in [1.165, 1.54) is 6.08 Å². The van der Waals surface area contributed by atoms with Gasteiger partial charge in [-0.1, -0.05) is 6.92 Å². The Morgan fingerprint density at radius 3 is 2.46 bits per heavy atom. The average Bonchev–Trinajstić information content (AvgIpc) is 2.55. The number of allylic oxidation sites excluding steroid dienone is 1. The van der Waals surface area contributed by atoms with Gasteiger partial charge < -0.3 is 35.0 Å². The molecule has 136 valence electrons. The summed E-state index contributed by atoms with van der Waals surface area (Å²) in [7, 11) is 0. The van der Waals surface area contributed by atoms with Gasteiger partial charge in [0.2, 0.25) is 0 Å². The number of carbonyl (C=O) groups excluding carboxylic acids is 1. The fourth-order valence-corrected chi connectivity index (χ4v) is 4.23. The van der Waals surface area contributed by atoms with E-state index in [1.807, 2.05) is 0 Å². The molecule has 0 aromatic rings. The zero-order chi connectivity index (χ0) is 17.9. The molecule has 5 N–H and O–H groups in total. The lowest BCUT2D eigenvalue weighted by molar-refractivity contribution is -0.357. The maximum atomic E-state index is 12.1. The van der Waals surface area contributed by atoms with E-state index < -0.39 is 48.3 Å². The molecule has 24 heavy (non-hydrogen) atoms. The lowest BCUT2D eigenvalue weighted by Crippen LogP contribution is -2.72. The van der Waals surface area contributed by atoms with Crippen molar-refractivity contribution in [1.82, 2.24) is 0 Å². The lowest BCUT2D eigenvalue weighted by atomic mass is 9.45. The molecule has 8 atom stereocenters. The molecule has 8 heteroatoms. The van der Waals surface area contributed by atoms with Crippen LogP contribution in [0.1, 0.15) is 20.3 Å². The monoisotopic (exact) mass is 344 g/mol. The number of fused-ring (bicyclic) bond motifs is 1. The molecule has 4 aliphatic rings. The Bertz CT molecular complexity index is 560. The summed E-state index contributed by atoms with van der Waals surface area (Å²) in [5.41, 5.74) is -1.25. The number of rotatable bonds is 4. The molecule has 4 rings (SSSR count). The van der Waals surface area contributed by atoms with Gasteiger partial charge in [-0.05, 0) is 25.0 Å². The Kier molecular flexibility index (Phi) is 4.37. The van der Waals surface area contributed by atoms with Crippen molar-refractivity contribution >= 4 is 5.78 Å². The molecule has 0 aromatic carbocycles. The molecule has 1 saturated heterocycles. The third-order valence-electron chi connectivity index (χ3n) is 6.02. The van der Waals surface area contributed by atoms with Crippen molar-refractivity contribution in [3.05, 3.63) is 11.6 Å². The summed E-state index contributed by atoms with van der Waals surface area (Å²) in [4.78, 5) is 12.1. The zero-order valence-electron chi connectivity index (χ0n) is 13.6. The van der Waals surface area contributed by atoms with Gasteiger partial charge in [-0.15, -0.1) is 0 Å². The second-order valence-corrected chi connectivity index (χ2v) is 7.20. The van der Waals surface area contributed by atoms with Gasteiger partial charge in [0, 0.05) is 11.3 Å². The second kappa shape index (κ2) is 5.84. The van der Waals surface area contributed by atoms with Crippen LogP contribution in [0.5, 0.6) is 0 Å². The third-order valence-corrected chi connectivity index (χ3v) is 6.02. The van der Waals surface area contributed by atoms with E-state index in [1.54, 1.807) is 13.8 Å². The van der Waals surface area contributed by atoms with Gasteiger partial charge in [0.05, 0.1) is 13.2 Å². The molecule has 1 heterocycles. The number of ether oxygens (including phenoxy) is 2. The molecule has 3 aliphatic carbocycles. The Balaban J connectivity index is 1.89. The summed E-state index contributed by atoms with van der Waals surface area (Å²) < 4.78 is 11.4. The second-order valence-electron chi connectivity index (χ2n) is 7.20. The van der Waals surface area contributed by atoms with Crippen molar-refractivity contribution in [3.63, 3.8) is 0 Å². The van der Waals surface area contributed by atoms with Gasteiger partial charge >= 0.3 is 0 Å². The SMILES string of the molecule is CC1=CC(=O)C2C[C@]1(O[C@@H]1O[C@H](CO)[C@@H](O)[C@H](O)[C@H]1O)[C@@]2(C)CO. The summed E-state index contributed by atoms with van der Waals surface area (Å²) in [5.74, 6) is -0.445. The molecule has 2 bridgehead atoms. The van der Waals surface area contributed by atoms with Crippen LogP contribution in [0.4, 0.5) is 0 Å². The van der Waals surface area contributed by atoms with Crippen molar-refractivity contribution < 1.29 is 39.8 Å². The Labute approximate surface area is 139 Å². The standard InChI is InChI=1S/C16H24O8/c1-7-3-9(19)8-4-16(7,15(8,2)6-18)24-14-13(22)12(21)11(20)10(5-17)23-14/h3,8,10-14,17-18,20-22H,4-6H2,1-2H3/t8?,10-,11-,12+,13-,14+,15+,16-/m1/s1. The maximum Gasteiger partial charge on any atom is 0.187 e. The normalized spacial score (nSPS) is 51.1. The van der Waals surface area contributed by atoms with Crippen molar-refractivity contribution in [2.75, 3.05) is 13.2 Å². The first kappa shape index (κ1) is 17.9. The molecule has 0 spiro atoms. The average molecular weight is 344 g/mol. The van der Waals surface area contributed by atoms with Gasteiger partial charge in [0.25, 0.3) is 0 Å². The van der Waals surface area contributed by atoms with Crippen LogP contribution in [-0.2, 0) is 14.3 Å². The van der Waals surface area contributed by atoms with Crippen LogP contribution in [0.2, 0.25) is 0 Å². The number of carbonyl (C=O) groups is 1. The number of aliphatic hydroxyl groups excluding tert-OH is 5. The minimum Gasteiger partial charge on any atom is -0.396 e. The molecule has 2 fully saturated rings. The van der Waals surface area contributed by atoms with E-state index >= 15 is 0 Å². The van der Waals surface area contributed by atoms with E-state index in [2.05, 4.69) is 0 Å². The van der Waals surface area contributed by atoms with Gasteiger partial charge in [-0.25, -0.2) is 0 Å². The van der Waals surface area contributed by atoms with Gasteiger partial charge in [-0.2, -0.15) is 0 Å². The Morgan fingerprint density at radius 1 is 1.25 bits per heavy atom. The summed E-state index contributed by atoms with van der Waals surface area (Å²) in [5, 5.41) is 49.0. The summed E-state index contributed by atoms with van der Waals surface area (Å²) >= 11 is 0. The predicted octanol–water partition coefficient (Wildman–Crippen LogP) is -1.91. The Hall–Kier alpha value is -0.870. The van der Waals surface area contributed by atoms with Crippen LogP contribution < -0.4 is 0 Å². The Morgan fingerprint density at radius 2 is 1.92 bits per heavy atom. The maximum absolute atomic E-state index is 12.1. The van der Waals surface area contributed by atoms with E-state index in [0.29, 0.717) is 12.0 Å². The van der Waals surface area contributed by atoms with Crippen LogP contribution in [0.15, 0.2) is 11.6 Å². The summed E-state index contributed by atoms with van der Waals surface area (Å²) in [6.07, 6.45) is -5.09. The number of hydrogen-bond acceptors (Lipinski definition) is 8. The third kappa shape index (κ3) is 2.15. The molecular formula is C16H24O8. The highest BCUT2D eigenvalue weighted by atomic mass is 16.7. The van der Waals surface area contributed by atoms with E-state index in [0.717, 1.165) is 0 Å². The minimum atomic E-state index is -1.54. The summed E-state index contributed by atoms with van der Waals surface area (Å²) in [6.45, 7) is 2.61. The van der Waals surface area contributed by atoms with E-state index in [4.69, 9.17) is 9.47 Å². The van der Waals surface area contributed by atoms with E-state index in [-0.39, 0.29) is 18.3 Å². The molecule has 1 saturated carbocycles. The molecular weight excluding hydrogens is 320 g/mol. The molecule has 8 nitrogen and oxygen atoms in total. The first-order chi connectivity index (χ1) is 11.2. The highest BCUT2D eigenvalue weighted by molar-refractivity contribution is 5.97. The fraction of sp³-hybridized carbons (Fsp3) is 0.812. The topological polar surface area (TPSA) is 137 Å². The van der Waals surface area contributed by atoms with Crippen molar-refractivity contribution in [1.29, 1.82) is 0 Å². The van der Waals surface area contributed by atoms with Crippen molar-refractivity contribution in [2.24, 2.45) is 11.3 Å². The molecule has 0 amide bonds. The highest BCUT2D eigenvalue weighted by Gasteiger charge is 2.70. The van der Waals surface area contributed by atoms with Crippen molar-refractivity contribution in [2.45, 2.75) is 56.6 Å². The number of hydrogen-bond donors (Lipinski definition) is 5.